The van der Waals surface area contributed by atoms with Gasteiger partial charge in [-0.2, -0.15) is 0 Å². The monoisotopic (exact) mass is 555 g/mol. The van der Waals surface area contributed by atoms with Gasteiger partial charge >= 0.3 is 188 Å². The Morgan fingerprint density at radius 3 is 2.25 bits per heavy atom. The summed E-state index contributed by atoms with van der Waals surface area (Å²) in [5.41, 5.74) is 3.71. The van der Waals surface area contributed by atoms with E-state index in [2.05, 4.69) is 4.18 Å². The van der Waals surface area contributed by atoms with Gasteiger partial charge in [0.15, 0.2) is 0 Å². The molecule has 1 fully saturated rings. The van der Waals surface area contributed by atoms with Crippen molar-refractivity contribution in [3.63, 3.8) is 0 Å². The van der Waals surface area contributed by atoms with Crippen LogP contribution in [-0.4, -0.2) is 132 Å². The summed E-state index contributed by atoms with van der Waals surface area (Å²) >= 11 is -2.81. The summed E-state index contributed by atoms with van der Waals surface area (Å²) in [7, 11) is -4.74. The van der Waals surface area contributed by atoms with E-state index in [-0.39, 0.29) is 17.0 Å². The average Bonchev–Trinajstić information content (AvgIpc) is 2.94. The third kappa shape index (κ3) is 10.7. The molecule has 1 heterocycles. The molecule has 1 unspecified atom stereocenters. The molecule has 16 heteroatoms. The maximum atomic E-state index is 11.5. The van der Waals surface area contributed by atoms with E-state index < -0.39 is 92.7 Å². The van der Waals surface area contributed by atoms with Gasteiger partial charge in [0, 0.05) is 0 Å². The molecule has 0 saturated carbocycles. The van der Waals surface area contributed by atoms with Gasteiger partial charge in [0.1, 0.15) is 0 Å². The second kappa shape index (κ2) is 12.9. The first kappa shape index (κ1) is 29.6. The summed E-state index contributed by atoms with van der Waals surface area (Å²) < 4.78 is 49.3. The van der Waals surface area contributed by atoms with E-state index in [4.69, 9.17) is 23.9 Å². The van der Waals surface area contributed by atoms with Gasteiger partial charge in [0.25, 0.3) is 0 Å². The first-order valence-corrected chi connectivity index (χ1v) is 17.3. The van der Waals surface area contributed by atoms with E-state index in [0.29, 0.717) is 0 Å². The van der Waals surface area contributed by atoms with Crippen LogP contribution in [0.5, 0.6) is 0 Å². The Morgan fingerprint density at radius 2 is 1.72 bits per heavy atom. The fourth-order valence-electron chi connectivity index (χ4n) is 2.91. The van der Waals surface area contributed by atoms with Crippen molar-refractivity contribution in [2.24, 2.45) is 0 Å². The van der Waals surface area contributed by atoms with E-state index in [1.165, 1.54) is 0 Å². The Morgan fingerprint density at radius 1 is 1.09 bits per heavy atom. The van der Waals surface area contributed by atoms with Crippen molar-refractivity contribution in [2.45, 2.75) is 64.8 Å². The van der Waals surface area contributed by atoms with Crippen molar-refractivity contribution in [1.29, 1.82) is 0 Å². The molecule has 0 aliphatic carbocycles. The molecule has 32 heavy (non-hydrogen) atoms. The summed E-state index contributed by atoms with van der Waals surface area (Å²) in [6.45, 7) is -2.25. The zero-order valence-corrected chi connectivity index (χ0v) is 20.3. The predicted octanol–water partition coefficient (Wildman–Crippen LogP) is -2.84. The zero-order valence-electron chi connectivity index (χ0n) is 17.6. The molecule has 14 nitrogen and oxygen atoms in total. The summed E-state index contributed by atoms with van der Waals surface area (Å²) in [6, 6.07) is 0. The van der Waals surface area contributed by atoms with Gasteiger partial charge in [-0.15, -0.1) is 0 Å². The minimum atomic E-state index is -4.74. The van der Waals surface area contributed by atoms with Crippen LogP contribution in [-0.2, 0) is 33.6 Å². The first-order chi connectivity index (χ1) is 14.6. The van der Waals surface area contributed by atoms with Crippen LogP contribution >= 0.6 is 0 Å². The van der Waals surface area contributed by atoms with Crippen LogP contribution in [0.25, 0.3) is 0 Å². The predicted molar refractivity (Wildman–Crippen MR) is 108 cm³/mol. The van der Waals surface area contributed by atoms with Crippen molar-refractivity contribution >= 4 is 29.9 Å². The molecule has 0 aromatic carbocycles. The molecule has 1 saturated heterocycles. The summed E-state index contributed by atoms with van der Waals surface area (Å²) in [6.07, 6.45) is -8.97. The van der Waals surface area contributed by atoms with Crippen LogP contribution in [0.4, 0.5) is 0 Å². The minimum absolute atomic E-state index is 0.131. The second-order valence-corrected chi connectivity index (χ2v) is 18.8. The van der Waals surface area contributed by atoms with Crippen LogP contribution in [0, 0.1) is 0 Å². The molecule has 1 rings (SSSR count). The number of aliphatic carboxylic acids is 1. The van der Waals surface area contributed by atoms with Crippen molar-refractivity contribution in [3.05, 3.63) is 0 Å². The summed E-state index contributed by atoms with van der Waals surface area (Å²) in [5, 5.41) is 58.0. The van der Waals surface area contributed by atoms with Crippen LogP contribution in [0.1, 0.15) is 0 Å². The maximum absolute atomic E-state index is 11.5. The number of ether oxygens (including phenoxy) is 3. The molecule has 0 aromatic heterocycles. The molecule has 1 aliphatic rings. The number of carboxylic acid groups (broad SMARTS) is 1. The molecule has 190 valence electrons. The number of carbonyl (C=O) groups is 1. The molecule has 0 amide bonds. The standard InChI is InChI=1S/C16H31AsO14S/c1-17(2,4-12(15(23)24)28-6-9(19)5-18)3-11-13(21)14(22)16(31-11)29-7-10(20)8-30-32(25,26)27/h9-14,16,18-22H,3-8H2,1-2H3,(H-,23,24,25,26,27)/p+1/t9?,10-,11+,12-,13+,14+,16+/m0/s1. The number of rotatable bonds is 15. The van der Waals surface area contributed by atoms with Crippen LogP contribution in [0.15, 0.2) is 0 Å². The third-order valence-corrected chi connectivity index (χ3v) is 10.5. The van der Waals surface area contributed by atoms with Gasteiger partial charge in [-0.05, 0) is 0 Å². The Balaban J connectivity index is 2.62. The van der Waals surface area contributed by atoms with Crippen LogP contribution < -0.4 is 0 Å². The van der Waals surface area contributed by atoms with Gasteiger partial charge < -0.3 is 0 Å². The Bertz CT molecular complexity index is 688. The quantitative estimate of drug-likeness (QED) is 0.0798. The van der Waals surface area contributed by atoms with E-state index in [1.54, 1.807) is 0 Å². The molecule has 0 bridgehead atoms. The summed E-state index contributed by atoms with van der Waals surface area (Å²) in [5.74, 6) is -1.24. The molecule has 7 N–H and O–H groups in total. The molecular formula is C16H32AsO14S+. The molecular weight excluding hydrogens is 523 g/mol. The van der Waals surface area contributed by atoms with E-state index in [1.807, 2.05) is 11.4 Å². The SMILES string of the molecule is C[As+](C)(C[C@H](OCC(O)CO)C(=O)O)C[C@H]1O[C@@H](OC[C@H](O)COS(=O)(=O)O)[C@H](O)[C@@H]1O. The van der Waals surface area contributed by atoms with Gasteiger partial charge in [-0.25, -0.2) is 0 Å². The number of aliphatic hydroxyl groups excluding tert-OH is 5. The average molecular weight is 555 g/mol. The van der Waals surface area contributed by atoms with Crippen LogP contribution in [0.2, 0.25) is 21.8 Å². The molecule has 0 aromatic rings. The number of hydrogen-bond donors (Lipinski definition) is 7. The van der Waals surface area contributed by atoms with E-state index in [0.717, 1.165) is 0 Å². The van der Waals surface area contributed by atoms with Gasteiger partial charge in [-0.3, -0.25) is 0 Å². The van der Waals surface area contributed by atoms with Crippen molar-refractivity contribution in [1.82, 2.24) is 0 Å². The second-order valence-electron chi connectivity index (χ2n) is 8.02. The fourth-order valence-corrected chi connectivity index (χ4v) is 8.67. The zero-order chi connectivity index (χ0) is 24.7. The number of aliphatic hydroxyl groups is 5. The van der Waals surface area contributed by atoms with Gasteiger partial charge in [0.2, 0.25) is 0 Å². The number of carboxylic acids is 1. The van der Waals surface area contributed by atoms with Gasteiger partial charge in [0.05, 0.1) is 0 Å². The van der Waals surface area contributed by atoms with E-state index in [9.17, 15) is 38.7 Å². The number of hydrogen-bond acceptors (Lipinski definition) is 12. The van der Waals surface area contributed by atoms with Crippen molar-refractivity contribution in [3.8, 4) is 0 Å². The summed E-state index contributed by atoms with van der Waals surface area (Å²) in [4.78, 5) is 11.5. The normalized spacial score (nSPS) is 27.2. The Hall–Kier alpha value is -0.422. The van der Waals surface area contributed by atoms with Gasteiger partial charge in [-0.1, -0.05) is 0 Å². The molecule has 1 aliphatic heterocycles. The van der Waals surface area contributed by atoms with Crippen LogP contribution in [0.3, 0.4) is 0 Å². The topological polar surface area (TPSA) is 230 Å². The Kier molecular flexibility index (Phi) is 11.9. The first-order valence-electron chi connectivity index (χ1n) is 9.53. The molecule has 0 spiro atoms. The molecule has 7 atom stereocenters. The van der Waals surface area contributed by atoms with E-state index >= 15 is 0 Å². The van der Waals surface area contributed by atoms with Crippen molar-refractivity contribution in [2.75, 3.05) is 26.4 Å². The Labute approximate surface area is 188 Å². The van der Waals surface area contributed by atoms with Crippen molar-refractivity contribution < 1.29 is 66.8 Å². The fraction of sp³-hybridized carbons (Fsp3) is 0.938. The molecule has 0 radical (unpaired) electrons. The third-order valence-electron chi connectivity index (χ3n) is 4.49.